The lowest BCUT2D eigenvalue weighted by Crippen LogP contribution is -2.00. The summed E-state index contributed by atoms with van der Waals surface area (Å²) in [5, 5.41) is 12.4. The lowest BCUT2D eigenvalue weighted by Gasteiger charge is -2.09. The molecular formula is C14H9BrClFN2. The Morgan fingerprint density at radius 3 is 2.68 bits per heavy atom. The van der Waals surface area contributed by atoms with Crippen LogP contribution in [0.1, 0.15) is 11.1 Å². The quantitative estimate of drug-likeness (QED) is 0.878. The van der Waals surface area contributed by atoms with Crippen LogP contribution in [0.5, 0.6) is 0 Å². The lowest BCUT2D eigenvalue weighted by atomic mass is 10.1. The Morgan fingerprint density at radius 2 is 2.05 bits per heavy atom. The monoisotopic (exact) mass is 338 g/mol. The minimum Gasteiger partial charge on any atom is -0.381 e. The van der Waals surface area contributed by atoms with Crippen molar-refractivity contribution in [2.24, 2.45) is 0 Å². The van der Waals surface area contributed by atoms with Crippen molar-refractivity contribution in [1.29, 1.82) is 5.26 Å². The molecule has 96 valence electrons. The fourth-order valence-electron chi connectivity index (χ4n) is 1.56. The first-order chi connectivity index (χ1) is 9.10. The highest BCUT2D eigenvalue weighted by atomic mass is 79.9. The summed E-state index contributed by atoms with van der Waals surface area (Å²) in [5.74, 6) is -0.304. The van der Waals surface area contributed by atoms with Gasteiger partial charge in [-0.05, 0) is 51.8 Å². The van der Waals surface area contributed by atoms with E-state index in [2.05, 4.69) is 21.2 Å². The van der Waals surface area contributed by atoms with E-state index in [1.54, 1.807) is 30.3 Å². The first-order valence-corrected chi connectivity index (χ1v) is 6.64. The maximum atomic E-state index is 13.1. The molecule has 0 saturated carbocycles. The van der Waals surface area contributed by atoms with Gasteiger partial charge in [0, 0.05) is 17.3 Å². The van der Waals surface area contributed by atoms with Crippen LogP contribution in [0.3, 0.4) is 0 Å². The van der Waals surface area contributed by atoms with Crippen molar-refractivity contribution >= 4 is 33.2 Å². The van der Waals surface area contributed by atoms with Crippen LogP contribution < -0.4 is 5.32 Å². The van der Waals surface area contributed by atoms with Gasteiger partial charge in [0.2, 0.25) is 0 Å². The molecule has 0 aliphatic carbocycles. The molecule has 2 rings (SSSR count). The number of nitriles is 1. The van der Waals surface area contributed by atoms with Gasteiger partial charge in [0.15, 0.2) is 0 Å². The second kappa shape index (κ2) is 6.05. The summed E-state index contributed by atoms with van der Waals surface area (Å²) in [6.45, 7) is 0.503. The molecule has 0 spiro atoms. The summed E-state index contributed by atoms with van der Waals surface area (Å²) in [6, 6.07) is 11.9. The van der Waals surface area contributed by atoms with E-state index in [0.717, 1.165) is 11.3 Å². The molecule has 0 unspecified atom stereocenters. The van der Waals surface area contributed by atoms with E-state index in [1.807, 2.05) is 6.07 Å². The van der Waals surface area contributed by atoms with Crippen LogP contribution in [0, 0.1) is 17.1 Å². The maximum Gasteiger partial charge on any atom is 0.137 e. The smallest absolute Gasteiger partial charge is 0.137 e. The average molecular weight is 340 g/mol. The van der Waals surface area contributed by atoms with Crippen LogP contribution in [0.25, 0.3) is 0 Å². The van der Waals surface area contributed by atoms with Crippen LogP contribution in [0.4, 0.5) is 10.1 Å². The molecule has 0 aliphatic rings. The predicted octanol–water partition coefficient (Wildman–Crippen LogP) is 4.73. The molecule has 2 nitrogen and oxygen atoms in total. The Hall–Kier alpha value is -1.57. The van der Waals surface area contributed by atoms with Gasteiger partial charge in [0.05, 0.1) is 16.1 Å². The third-order valence-electron chi connectivity index (χ3n) is 2.58. The van der Waals surface area contributed by atoms with Crippen molar-refractivity contribution in [3.63, 3.8) is 0 Å². The topological polar surface area (TPSA) is 35.8 Å². The van der Waals surface area contributed by atoms with Gasteiger partial charge in [-0.25, -0.2) is 4.39 Å². The molecule has 0 atom stereocenters. The van der Waals surface area contributed by atoms with Crippen LogP contribution in [-0.2, 0) is 6.54 Å². The Kier molecular flexibility index (Phi) is 4.41. The highest BCUT2D eigenvalue weighted by Crippen LogP contribution is 2.22. The van der Waals surface area contributed by atoms with Gasteiger partial charge in [0.25, 0.3) is 0 Å². The van der Waals surface area contributed by atoms with E-state index in [4.69, 9.17) is 16.9 Å². The summed E-state index contributed by atoms with van der Waals surface area (Å²) in [7, 11) is 0. The number of rotatable bonds is 3. The van der Waals surface area contributed by atoms with Gasteiger partial charge >= 0.3 is 0 Å². The van der Waals surface area contributed by atoms with Gasteiger partial charge in [-0.15, -0.1) is 0 Å². The molecule has 0 bridgehead atoms. The lowest BCUT2D eigenvalue weighted by molar-refractivity contribution is 0.621. The first-order valence-electron chi connectivity index (χ1n) is 5.47. The zero-order valence-corrected chi connectivity index (χ0v) is 12.1. The fraction of sp³-hybridized carbons (Fsp3) is 0.0714. The molecule has 0 aromatic heterocycles. The van der Waals surface area contributed by atoms with Crippen molar-refractivity contribution in [2.75, 3.05) is 5.32 Å². The number of hydrogen-bond donors (Lipinski definition) is 1. The molecule has 0 amide bonds. The third kappa shape index (κ3) is 3.46. The van der Waals surface area contributed by atoms with Crippen molar-refractivity contribution in [2.45, 2.75) is 6.54 Å². The van der Waals surface area contributed by atoms with Crippen LogP contribution in [0.15, 0.2) is 40.9 Å². The molecule has 2 aromatic rings. The van der Waals surface area contributed by atoms with E-state index in [9.17, 15) is 4.39 Å². The minimum absolute atomic E-state index is 0.304. The summed E-state index contributed by atoms with van der Waals surface area (Å²) in [5.41, 5.74) is 2.19. The van der Waals surface area contributed by atoms with E-state index in [-0.39, 0.29) is 5.82 Å². The Balaban J connectivity index is 2.10. The Bertz CT molecular complexity index is 652. The van der Waals surface area contributed by atoms with E-state index in [1.165, 1.54) is 6.07 Å². The molecule has 1 N–H and O–H groups in total. The molecular weight excluding hydrogens is 331 g/mol. The molecule has 2 aromatic carbocycles. The van der Waals surface area contributed by atoms with Crippen molar-refractivity contribution in [3.05, 3.63) is 62.8 Å². The minimum atomic E-state index is -0.304. The van der Waals surface area contributed by atoms with Crippen molar-refractivity contribution < 1.29 is 4.39 Å². The Labute approximate surface area is 123 Å². The number of nitrogens with one attached hydrogen (secondary N) is 1. The van der Waals surface area contributed by atoms with E-state index < -0.39 is 0 Å². The molecule has 0 heterocycles. The molecule has 19 heavy (non-hydrogen) atoms. The number of anilines is 1. The number of halogens is 3. The van der Waals surface area contributed by atoms with Crippen LogP contribution in [-0.4, -0.2) is 0 Å². The average Bonchev–Trinajstić information content (AvgIpc) is 2.41. The largest absolute Gasteiger partial charge is 0.381 e. The number of hydrogen-bond acceptors (Lipinski definition) is 2. The third-order valence-corrected chi connectivity index (χ3v) is 3.54. The van der Waals surface area contributed by atoms with Crippen LogP contribution in [0.2, 0.25) is 5.02 Å². The summed E-state index contributed by atoms with van der Waals surface area (Å²) in [4.78, 5) is 0. The normalized spacial score (nSPS) is 10.0. The van der Waals surface area contributed by atoms with Gasteiger partial charge in [-0.3, -0.25) is 0 Å². The van der Waals surface area contributed by atoms with Crippen LogP contribution >= 0.6 is 27.5 Å². The van der Waals surface area contributed by atoms with Gasteiger partial charge in [-0.2, -0.15) is 5.26 Å². The van der Waals surface area contributed by atoms with Gasteiger partial charge < -0.3 is 5.32 Å². The first kappa shape index (κ1) is 13.9. The summed E-state index contributed by atoms with van der Waals surface area (Å²) >= 11 is 9.20. The molecule has 0 fully saturated rings. The Morgan fingerprint density at radius 1 is 1.26 bits per heavy atom. The molecule has 0 saturated heterocycles. The van der Waals surface area contributed by atoms with E-state index >= 15 is 0 Å². The summed E-state index contributed by atoms with van der Waals surface area (Å²) < 4.78 is 13.5. The number of benzene rings is 2. The molecule has 0 aliphatic heterocycles. The van der Waals surface area contributed by atoms with Crippen molar-refractivity contribution in [3.8, 4) is 6.07 Å². The van der Waals surface area contributed by atoms with E-state index in [0.29, 0.717) is 21.6 Å². The molecule has 0 radical (unpaired) electrons. The predicted molar refractivity (Wildman–Crippen MR) is 77.6 cm³/mol. The maximum absolute atomic E-state index is 13.1. The van der Waals surface area contributed by atoms with Gasteiger partial charge in [-0.1, -0.05) is 17.7 Å². The molecule has 5 heteroatoms. The van der Waals surface area contributed by atoms with Gasteiger partial charge in [0.1, 0.15) is 5.82 Å². The fourth-order valence-corrected chi connectivity index (χ4v) is 2.19. The number of nitrogens with zero attached hydrogens (tertiary/aromatic N) is 1. The second-order valence-electron chi connectivity index (χ2n) is 3.90. The zero-order valence-electron chi connectivity index (χ0n) is 9.75. The highest BCUT2D eigenvalue weighted by molar-refractivity contribution is 9.10. The zero-order chi connectivity index (χ0) is 13.8. The highest BCUT2D eigenvalue weighted by Gasteiger charge is 2.03. The van der Waals surface area contributed by atoms with Crippen molar-refractivity contribution in [1.82, 2.24) is 0 Å². The summed E-state index contributed by atoms with van der Waals surface area (Å²) in [6.07, 6.45) is 0. The second-order valence-corrected chi connectivity index (χ2v) is 5.16. The standard InChI is InChI=1S/C14H9BrClFN2/c15-12-6-11(3-4-14(12)17)19-8-10-2-1-9(7-18)5-13(10)16/h1-6,19H,8H2. The SMILES string of the molecule is N#Cc1ccc(CNc2ccc(F)c(Br)c2)c(Cl)c1.